The highest BCUT2D eigenvalue weighted by Crippen LogP contribution is 2.54. The smallest absolute Gasteiger partial charge is 0.200 e. The molecule has 0 aromatic carbocycles. The Kier molecular flexibility index (Phi) is 6.43. The summed E-state index contributed by atoms with van der Waals surface area (Å²) < 4.78 is 102. The maximum Gasteiger partial charge on any atom is 0.378 e. The van der Waals surface area contributed by atoms with Crippen molar-refractivity contribution in [3.05, 3.63) is 0 Å². The molecule has 0 aromatic heterocycles. The van der Waals surface area contributed by atoms with E-state index in [-0.39, 0.29) is 0 Å². The summed E-state index contributed by atoms with van der Waals surface area (Å²) in [7, 11) is 0. The van der Waals surface area contributed by atoms with Crippen LogP contribution in [-0.2, 0) is 0 Å². The molecule has 0 radical (unpaired) electrons. The van der Waals surface area contributed by atoms with Gasteiger partial charge in [0.15, 0.2) is 0 Å². The van der Waals surface area contributed by atoms with E-state index < -0.39 is 45.4 Å². The minimum atomic E-state index is -6.10. The Morgan fingerprint density at radius 3 is 0.944 bits per heavy atom. The second-order valence-corrected chi connectivity index (χ2v) is 5.59. The molecule has 0 bridgehead atoms. The molecule has 0 nitrogen and oxygen atoms in total. The third-order valence-corrected chi connectivity index (χ3v) is 3.21. The fourth-order valence-corrected chi connectivity index (χ4v) is 2.37. The van der Waals surface area contributed by atoms with Gasteiger partial charge in [-0.15, -0.1) is 0 Å². The van der Waals surface area contributed by atoms with Gasteiger partial charge in [-0.05, 0) is 0 Å². The van der Waals surface area contributed by atoms with E-state index in [9.17, 15) is 35.1 Å². The molecule has 0 amide bonds. The van der Waals surface area contributed by atoms with E-state index in [1.807, 2.05) is 0 Å². The van der Waals surface area contributed by atoms with Crippen LogP contribution in [0.25, 0.3) is 0 Å². The Labute approximate surface area is 125 Å². The van der Waals surface area contributed by atoms with E-state index >= 15 is 0 Å². The lowest BCUT2D eigenvalue weighted by Gasteiger charge is -2.36. The van der Waals surface area contributed by atoms with E-state index in [0.29, 0.717) is 0 Å². The zero-order valence-corrected chi connectivity index (χ0v) is 12.9. The van der Waals surface area contributed by atoms with Crippen LogP contribution in [0.1, 0.15) is 12.8 Å². The topological polar surface area (TPSA) is 0 Å². The van der Waals surface area contributed by atoms with Gasteiger partial charge in [-0.25, -0.2) is 0 Å². The van der Waals surface area contributed by atoms with Crippen LogP contribution in [0.3, 0.4) is 0 Å². The molecule has 0 saturated carbocycles. The summed E-state index contributed by atoms with van der Waals surface area (Å²) in [6, 6.07) is 0. The Morgan fingerprint density at radius 2 is 0.778 bits per heavy atom. The maximum absolute atomic E-state index is 13.0. The molecule has 0 N–H and O–H groups in total. The minimum Gasteiger partial charge on any atom is -0.200 e. The Balaban J connectivity index is 5.43. The molecule has 0 saturated heterocycles. The van der Waals surface area contributed by atoms with Gasteiger partial charge in [-0.1, -0.05) is 45.2 Å². The summed E-state index contributed by atoms with van der Waals surface area (Å²) in [5.74, 6) is -22.6. The first-order valence-corrected chi connectivity index (χ1v) is 7.55. The van der Waals surface area contributed by atoms with Crippen molar-refractivity contribution in [2.24, 2.45) is 0 Å². The summed E-state index contributed by atoms with van der Waals surface area (Å²) in [5, 5.41) is 0. The Hall–Kier alpha value is 0.900. The summed E-state index contributed by atoms with van der Waals surface area (Å²) in [6.45, 7) is 0. The third-order valence-electron chi connectivity index (χ3n) is 2.13. The van der Waals surface area contributed by atoms with E-state index in [1.54, 1.807) is 0 Å². The predicted molar refractivity (Wildman–Crippen MR) is 66.8 cm³/mol. The van der Waals surface area contributed by atoms with E-state index in [4.69, 9.17) is 0 Å². The van der Waals surface area contributed by atoms with Gasteiger partial charge < -0.3 is 0 Å². The molecule has 10 heteroatoms. The number of hydrogen-bond donors (Lipinski definition) is 0. The summed E-state index contributed by atoms with van der Waals surface area (Å²) in [4.78, 5) is 0. The Morgan fingerprint density at radius 1 is 0.556 bits per heavy atom. The molecule has 0 fully saturated rings. The lowest BCUT2D eigenvalue weighted by Crippen LogP contribution is -2.62. The van der Waals surface area contributed by atoms with Crippen LogP contribution in [0.15, 0.2) is 0 Å². The summed E-state index contributed by atoms with van der Waals surface area (Å²) >= 11 is 2.54. The summed E-state index contributed by atoms with van der Waals surface area (Å²) in [6.07, 6.45) is -3.20. The molecule has 18 heavy (non-hydrogen) atoms. The molecule has 0 atom stereocenters. The molecule has 0 aliphatic carbocycles. The minimum absolute atomic E-state index is 0.561. The van der Waals surface area contributed by atoms with Gasteiger partial charge in [0.25, 0.3) is 0 Å². The first-order chi connectivity index (χ1) is 7.87. The van der Waals surface area contributed by atoms with E-state index in [2.05, 4.69) is 0 Å². The highest BCUT2D eigenvalue weighted by Gasteiger charge is 2.79. The van der Waals surface area contributed by atoms with Gasteiger partial charge >= 0.3 is 23.7 Å². The van der Waals surface area contributed by atoms with Gasteiger partial charge in [0.05, 0.1) is 0 Å². The van der Waals surface area contributed by atoms with Gasteiger partial charge in [-0.2, -0.15) is 35.1 Å². The van der Waals surface area contributed by atoms with E-state index in [1.165, 1.54) is 45.2 Å². The van der Waals surface area contributed by atoms with Gasteiger partial charge in [-0.3, -0.25) is 0 Å². The van der Waals surface area contributed by atoms with Crippen molar-refractivity contribution in [3.63, 3.8) is 0 Å². The SMILES string of the molecule is FC(F)(CCI)C(F)(F)C(F)(F)C(F)(F)CCI. The summed E-state index contributed by atoms with van der Waals surface area (Å²) in [5.41, 5.74) is 0. The van der Waals surface area contributed by atoms with E-state index in [0.717, 1.165) is 0 Å². The zero-order valence-electron chi connectivity index (χ0n) is 8.61. The average Bonchev–Trinajstić information content (AvgIpc) is 2.16. The van der Waals surface area contributed by atoms with Crippen molar-refractivity contribution in [1.82, 2.24) is 0 Å². The lowest BCUT2D eigenvalue weighted by atomic mass is 9.96. The molecular weight excluding hydrogens is 502 g/mol. The van der Waals surface area contributed by atoms with Crippen LogP contribution in [-0.4, -0.2) is 32.5 Å². The molecule has 0 spiro atoms. The monoisotopic (exact) mass is 510 g/mol. The lowest BCUT2D eigenvalue weighted by molar-refractivity contribution is -0.365. The zero-order chi connectivity index (χ0) is 14.8. The highest BCUT2D eigenvalue weighted by molar-refractivity contribution is 14.1. The van der Waals surface area contributed by atoms with Crippen molar-refractivity contribution in [3.8, 4) is 0 Å². The fraction of sp³-hybridized carbons (Fsp3) is 1.00. The van der Waals surface area contributed by atoms with Crippen LogP contribution in [0.5, 0.6) is 0 Å². The van der Waals surface area contributed by atoms with Crippen LogP contribution < -0.4 is 0 Å². The number of halogens is 10. The largest absolute Gasteiger partial charge is 0.378 e. The van der Waals surface area contributed by atoms with Gasteiger partial charge in [0.1, 0.15) is 0 Å². The molecule has 0 rings (SSSR count). The number of rotatable bonds is 7. The number of hydrogen-bond acceptors (Lipinski definition) is 0. The normalized spacial score (nSPS) is 15.0. The van der Waals surface area contributed by atoms with Crippen molar-refractivity contribution >= 4 is 45.2 Å². The molecule has 0 heterocycles. The highest BCUT2D eigenvalue weighted by atomic mass is 127. The predicted octanol–water partition coefficient (Wildman–Crippen LogP) is 5.18. The van der Waals surface area contributed by atoms with Crippen LogP contribution in [0.2, 0.25) is 0 Å². The molecule has 0 unspecified atom stereocenters. The van der Waals surface area contributed by atoms with Crippen LogP contribution in [0, 0.1) is 0 Å². The molecule has 0 aliphatic rings. The van der Waals surface area contributed by atoms with Crippen molar-refractivity contribution in [2.75, 3.05) is 8.86 Å². The van der Waals surface area contributed by atoms with Crippen molar-refractivity contribution in [1.29, 1.82) is 0 Å². The first-order valence-electron chi connectivity index (χ1n) is 4.50. The second-order valence-electron chi connectivity index (χ2n) is 3.44. The first kappa shape index (κ1) is 18.9. The van der Waals surface area contributed by atoms with Gasteiger partial charge in [0.2, 0.25) is 0 Å². The maximum atomic E-state index is 13.0. The molecular formula is C8H8F8I2. The second kappa shape index (κ2) is 6.12. The molecule has 110 valence electrons. The average molecular weight is 510 g/mol. The third kappa shape index (κ3) is 3.32. The van der Waals surface area contributed by atoms with Crippen molar-refractivity contribution < 1.29 is 35.1 Å². The van der Waals surface area contributed by atoms with Crippen LogP contribution in [0.4, 0.5) is 35.1 Å². The van der Waals surface area contributed by atoms with Crippen LogP contribution >= 0.6 is 45.2 Å². The number of alkyl halides is 10. The van der Waals surface area contributed by atoms with Crippen molar-refractivity contribution in [2.45, 2.75) is 36.5 Å². The fourth-order valence-electron chi connectivity index (χ4n) is 1.01. The Bertz CT molecular complexity index is 250. The quantitative estimate of drug-likeness (QED) is 0.252. The van der Waals surface area contributed by atoms with Gasteiger partial charge in [0, 0.05) is 21.7 Å². The standard InChI is InChI=1S/C8H8F8I2/c9-5(10,1-3-17)7(13,14)8(15,16)6(11,12)2-4-18/h1-4H2. The molecule has 0 aliphatic heterocycles. The molecule has 0 aromatic rings.